The zero-order chi connectivity index (χ0) is 19.6. The Morgan fingerprint density at radius 3 is 2.44 bits per heavy atom. The number of hydrogen-bond acceptors (Lipinski definition) is 4. The fourth-order valence-electron chi connectivity index (χ4n) is 2.89. The highest BCUT2D eigenvalue weighted by molar-refractivity contribution is 7.94. The summed E-state index contributed by atoms with van der Waals surface area (Å²) in [5, 5.41) is 1.62. The van der Waals surface area contributed by atoms with Crippen LogP contribution in [-0.4, -0.2) is 32.2 Å². The van der Waals surface area contributed by atoms with Crippen molar-refractivity contribution in [2.75, 3.05) is 10.7 Å². The number of ether oxygens (including phenoxy) is 1. The minimum atomic E-state index is -3.32. The second-order valence-corrected chi connectivity index (χ2v) is 8.94. The lowest BCUT2D eigenvalue weighted by Gasteiger charge is -2.28. The molecule has 27 heavy (non-hydrogen) atoms. The summed E-state index contributed by atoms with van der Waals surface area (Å²) in [6.07, 6.45) is 1.56. The molecule has 142 valence electrons. The average Bonchev–Trinajstić information content (AvgIpc) is 2.95. The number of amides is 1. The summed E-state index contributed by atoms with van der Waals surface area (Å²) >= 11 is 6.08. The van der Waals surface area contributed by atoms with Gasteiger partial charge in [0.2, 0.25) is 0 Å². The molecule has 1 aliphatic heterocycles. The summed E-state index contributed by atoms with van der Waals surface area (Å²) in [6, 6.07) is 13.0. The monoisotopic (exact) mass is 405 g/mol. The first kappa shape index (κ1) is 19.5. The highest BCUT2D eigenvalue weighted by Crippen LogP contribution is 2.27. The molecule has 0 spiro atoms. The van der Waals surface area contributed by atoms with Gasteiger partial charge in [-0.25, -0.2) is 8.42 Å². The lowest BCUT2D eigenvalue weighted by molar-refractivity contribution is 0.0983. The Bertz CT molecular complexity index is 968. The van der Waals surface area contributed by atoms with Crippen LogP contribution in [0.2, 0.25) is 5.02 Å². The van der Waals surface area contributed by atoms with E-state index in [-0.39, 0.29) is 17.8 Å². The summed E-state index contributed by atoms with van der Waals surface area (Å²) in [6.45, 7) is 3.85. The van der Waals surface area contributed by atoms with Crippen molar-refractivity contribution in [3.8, 4) is 5.75 Å². The first-order valence-corrected chi connectivity index (χ1v) is 10.6. The molecule has 0 radical (unpaired) electrons. The zero-order valence-corrected chi connectivity index (χ0v) is 16.6. The Morgan fingerprint density at radius 1 is 1.19 bits per heavy atom. The number of anilines is 1. The summed E-state index contributed by atoms with van der Waals surface area (Å²) in [5.41, 5.74) is 0.977. The molecule has 7 heteroatoms. The summed E-state index contributed by atoms with van der Waals surface area (Å²) in [7, 11) is -3.32. The van der Waals surface area contributed by atoms with Crippen molar-refractivity contribution in [2.24, 2.45) is 0 Å². The van der Waals surface area contributed by atoms with E-state index in [9.17, 15) is 13.2 Å². The molecule has 1 heterocycles. The fraction of sp³-hybridized carbons (Fsp3) is 0.250. The molecule has 0 unspecified atom stereocenters. The summed E-state index contributed by atoms with van der Waals surface area (Å²) < 4.78 is 29.4. The third kappa shape index (κ3) is 4.70. The minimum absolute atomic E-state index is 0.0309. The number of carbonyl (C=O) groups excluding carboxylic acids is 1. The molecular weight excluding hydrogens is 386 g/mol. The quantitative estimate of drug-likeness (QED) is 0.751. The highest BCUT2D eigenvalue weighted by atomic mass is 35.5. The average molecular weight is 406 g/mol. The minimum Gasteiger partial charge on any atom is -0.491 e. The normalized spacial score (nSPS) is 17.9. The van der Waals surface area contributed by atoms with Crippen LogP contribution in [-0.2, 0) is 9.84 Å². The molecule has 1 atom stereocenters. The van der Waals surface area contributed by atoms with Crippen molar-refractivity contribution >= 4 is 33.0 Å². The topological polar surface area (TPSA) is 63.7 Å². The Hall–Kier alpha value is -2.31. The Balaban J connectivity index is 1.95. The zero-order valence-electron chi connectivity index (χ0n) is 15.0. The molecule has 0 fully saturated rings. The van der Waals surface area contributed by atoms with Crippen molar-refractivity contribution in [3.05, 3.63) is 70.6 Å². The van der Waals surface area contributed by atoms with Crippen LogP contribution in [0.5, 0.6) is 5.75 Å². The molecule has 2 aromatic rings. The smallest absolute Gasteiger partial charge is 0.258 e. The van der Waals surface area contributed by atoms with Crippen molar-refractivity contribution in [1.82, 2.24) is 0 Å². The van der Waals surface area contributed by atoms with Gasteiger partial charge in [-0.3, -0.25) is 4.79 Å². The second kappa shape index (κ2) is 7.74. The van der Waals surface area contributed by atoms with Gasteiger partial charge in [0.05, 0.1) is 17.9 Å². The predicted octanol–water partition coefficient (Wildman–Crippen LogP) is 4.08. The molecule has 1 amide bonds. The van der Waals surface area contributed by atoms with Crippen molar-refractivity contribution < 1.29 is 17.9 Å². The van der Waals surface area contributed by atoms with Gasteiger partial charge in [-0.1, -0.05) is 17.7 Å². The summed E-state index contributed by atoms with van der Waals surface area (Å²) in [5.74, 6) is 0.207. The van der Waals surface area contributed by atoms with Gasteiger partial charge in [0.1, 0.15) is 5.75 Å². The fourth-order valence-corrected chi connectivity index (χ4v) is 4.35. The van der Waals surface area contributed by atoms with Crippen LogP contribution in [0.3, 0.4) is 0 Å². The SMILES string of the molecule is CC(C)Oc1ccc(C(=O)N(c2cccc(Cl)c2)[C@@H]2C=CS(=O)(=O)C2)cc1. The molecule has 2 aromatic carbocycles. The van der Waals surface area contributed by atoms with E-state index in [1.807, 2.05) is 13.8 Å². The lowest BCUT2D eigenvalue weighted by Crippen LogP contribution is -2.41. The van der Waals surface area contributed by atoms with E-state index >= 15 is 0 Å². The third-order valence-corrected chi connectivity index (χ3v) is 5.63. The first-order valence-electron chi connectivity index (χ1n) is 8.52. The number of halogens is 1. The van der Waals surface area contributed by atoms with E-state index in [0.717, 1.165) is 5.41 Å². The van der Waals surface area contributed by atoms with E-state index < -0.39 is 15.9 Å². The molecule has 0 bridgehead atoms. The van der Waals surface area contributed by atoms with Gasteiger partial charge in [-0.15, -0.1) is 0 Å². The number of carbonyl (C=O) groups is 1. The third-order valence-electron chi connectivity index (χ3n) is 4.02. The van der Waals surface area contributed by atoms with E-state index in [1.165, 1.54) is 11.0 Å². The molecule has 0 aromatic heterocycles. The van der Waals surface area contributed by atoms with Crippen LogP contribution < -0.4 is 9.64 Å². The standard InChI is InChI=1S/C20H20ClNO4S/c1-14(2)26-19-8-6-15(7-9-19)20(23)22(17-5-3-4-16(21)12-17)18-10-11-27(24,25)13-18/h3-12,14,18H,13H2,1-2H3/t18-/m1/s1. The number of hydrogen-bond donors (Lipinski definition) is 0. The van der Waals surface area contributed by atoms with Crippen LogP contribution in [0.4, 0.5) is 5.69 Å². The van der Waals surface area contributed by atoms with Crippen molar-refractivity contribution in [1.29, 1.82) is 0 Å². The number of sulfone groups is 1. The van der Waals surface area contributed by atoms with Gasteiger partial charge >= 0.3 is 0 Å². The van der Waals surface area contributed by atoms with E-state index in [0.29, 0.717) is 22.0 Å². The lowest BCUT2D eigenvalue weighted by atomic mass is 10.1. The van der Waals surface area contributed by atoms with Crippen molar-refractivity contribution in [3.63, 3.8) is 0 Å². The molecule has 0 N–H and O–H groups in total. The largest absolute Gasteiger partial charge is 0.491 e. The molecule has 1 aliphatic rings. The van der Waals surface area contributed by atoms with Gasteiger partial charge in [-0.05, 0) is 62.4 Å². The van der Waals surface area contributed by atoms with Crippen LogP contribution in [0.25, 0.3) is 0 Å². The Kier molecular flexibility index (Phi) is 5.58. The van der Waals surface area contributed by atoms with Crippen molar-refractivity contribution in [2.45, 2.75) is 26.0 Å². The molecule has 3 rings (SSSR count). The summed E-state index contributed by atoms with van der Waals surface area (Å²) in [4.78, 5) is 14.7. The molecular formula is C20H20ClNO4S. The molecule has 5 nitrogen and oxygen atoms in total. The van der Waals surface area contributed by atoms with Gasteiger partial charge in [0, 0.05) is 21.7 Å². The van der Waals surface area contributed by atoms with Crippen LogP contribution in [0, 0.1) is 0 Å². The number of benzene rings is 2. The van der Waals surface area contributed by atoms with Crippen LogP contribution in [0.15, 0.2) is 60.0 Å². The van der Waals surface area contributed by atoms with E-state index in [2.05, 4.69) is 0 Å². The molecule has 0 saturated heterocycles. The van der Waals surface area contributed by atoms with Crippen LogP contribution >= 0.6 is 11.6 Å². The Labute approximate surface area is 164 Å². The maximum atomic E-state index is 13.2. The van der Waals surface area contributed by atoms with Gasteiger partial charge in [-0.2, -0.15) is 0 Å². The van der Waals surface area contributed by atoms with E-state index in [4.69, 9.17) is 16.3 Å². The number of rotatable bonds is 5. The first-order chi connectivity index (χ1) is 12.7. The highest BCUT2D eigenvalue weighted by Gasteiger charge is 2.32. The van der Waals surface area contributed by atoms with Crippen LogP contribution in [0.1, 0.15) is 24.2 Å². The molecule has 0 aliphatic carbocycles. The second-order valence-electron chi connectivity index (χ2n) is 6.57. The maximum Gasteiger partial charge on any atom is 0.258 e. The van der Waals surface area contributed by atoms with E-state index in [1.54, 1.807) is 48.5 Å². The van der Waals surface area contributed by atoms with Gasteiger partial charge in [0.25, 0.3) is 5.91 Å². The number of nitrogens with zero attached hydrogens (tertiary/aromatic N) is 1. The maximum absolute atomic E-state index is 13.2. The molecule has 0 saturated carbocycles. The Morgan fingerprint density at radius 2 is 1.89 bits per heavy atom. The predicted molar refractivity (Wildman–Crippen MR) is 107 cm³/mol. The van der Waals surface area contributed by atoms with Gasteiger partial charge < -0.3 is 9.64 Å². The van der Waals surface area contributed by atoms with Gasteiger partial charge in [0.15, 0.2) is 9.84 Å².